The molecule has 0 atom stereocenters. The second-order valence-electron chi connectivity index (χ2n) is 6.58. The van der Waals surface area contributed by atoms with Gasteiger partial charge in [0.2, 0.25) is 0 Å². The molecule has 1 saturated carbocycles. The number of halogens is 1. The number of hydrogen-bond donors (Lipinski definition) is 0. The maximum atomic E-state index is 5.91. The highest BCUT2D eigenvalue weighted by molar-refractivity contribution is 6.30. The van der Waals surface area contributed by atoms with Crippen molar-refractivity contribution in [1.29, 1.82) is 0 Å². The monoisotopic (exact) mass is 338 g/mol. The molecule has 24 heavy (non-hydrogen) atoms. The van der Waals surface area contributed by atoms with E-state index in [0.717, 1.165) is 22.1 Å². The summed E-state index contributed by atoms with van der Waals surface area (Å²) in [6, 6.07) is 7.56. The second-order valence-corrected chi connectivity index (χ2v) is 7.01. The molecule has 0 saturated heterocycles. The van der Waals surface area contributed by atoms with Gasteiger partial charge >= 0.3 is 0 Å². The topological polar surface area (TPSA) is 25.8 Å². The number of benzene rings is 1. The number of hydrogen-bond acceptors (Lipinski definition) is 2. The predicted octanol–water partition coefficient (Wildman–Crippen LogP) is 5.76. The summed E-state index contributed by atoms with van der Waals surface area (Å²) < 4.78 is 0. The molecule has 0 spiro atoms. The van der Waals surface area contributed by atoms with Gasteiger partial charge in [-0.25, -0.2) is 9.97 Å². The summed E-state index contributed by atoms with van der Waals surface area (Å²) >= 11 is 5.91. The van der Waals surface area contributed by atoms with Crippen LogP contribution in [0.4, 0.5) is 0 Å². The van der Waals surface area contributed by atoms with Gasteiger partial charge in [-0.15, -0.1) is 0 Å². The first-order valence-corrected chi connectivity index (χ1v) is 9.22. The Balaban J connectivity index is 1.60. The van der Waals surface area contributed by atoms with Gasteiger partial charge in [-0.1, -0.05) is 43.2 Å². The van der Waals surface area contributed by atoms with E-state index in [1.54, 1.807) is 0 Å². The lowest BCUT2D eigenvalue weighted by Gasteiger charge is -2.25. The van der Waals surface area contributed by atoms with Crippen molar-refractivity contribution in [2.75, 3.05) is 0 Å². The average molecular weight is 339 g/mol. The quantitative estimate of drug-likeness (QED) is 0.665. The summed E-state index contributed by atoms with van der Waals surface area (Å²) in [5, 5.41) is 0.717. The third-order valence-electron chi connectivity index (χ3n) is 4.72. The summed E-state index contributed by atoms with van der Waals surface area (Å²) in [5.74, 6) is 8.84. The molecule has 0 aliphatic heterocycles. The third-order valence-corrected chi connectivity index (χ3v) is 4.97. The summed E-state index contributed by atoms with van der Waals surface area (Å²) in [6.07, 6.45) is 11.4. The molecule has 0 bridgehead atoms. The Kier molecular flexibility index (Phi) is 5.88. The fraction of sp³-hybridized carbons (Fsp3) is 0.429. The summed E-state index contributed by atoms with van der Waals surface area (Å²) in [6.45, 7) is 2.28. The minimum atomic E-state index is 0.536. The molecule has 0 unspecified atom stereocenters. The van der Waals surface area contributed by atoms with E-state index in [2.05, 4.69) is 28.7 Å². The molecular formula is C21H23ClN2. The smallest absolute Gasteiger partial charge is 0.159 e. The van der Waals surface area contributed by atoms with Gasteiger partial charge < -0.3 is 0 Å². The second kappa shape index (κ2) is 8.31. The van der Waals surface area contributed by atoms with Crippen LogP contribution in [-0.2, 0) is 0 Å². The Hall–Kier alpha value is -1.85. The Morgan fingerprint density at radius 3 is 2.33 bits per heavy atom. The van der Waals surface area contributed by atoms with E-state index in [1.165, 1.54) is 38.5 Å². The van der Waals surface area contributed by atoms with Gasteiger partial charge in [-0.2, -0.15) is 0 Å². The van der Waals surface area contributed by atoms with Crippen molar-refractivity contribution in [2.45, 2.75) is 45.4 Å². The first kappa shape index (κ1) is 17.0. The van der Waals surface area contributed by atoms with Crippen LogP contribution in [0.1, 0.15) is 51.0 Å². The SMILES string of the molecule is CCC[C@H]1CC[C@H](C#Cc2cnc(-c3ccc(Cl)cc3)nc2)CC1. The predicted molar refractivity (Wildman–Crippen MR) is 99.7 cm³/mol. The fourth-order valence-corrected chi connectivity index (χ4v) is 3.46. The molecule has 0 amide bonds. The standard InChI is InChI=1S/C21H23ClN2/c1-2-3-16-4-6-17(7-5-16)8-9-18-14-23-21(24-15-18)19-10-12-20(22)13-11-19/h10-17H,2-7H2,1H3/t16-,17-. The highest BCUT2D eigenvalue weighted by atomic mass is 35.5. The van der Waals surface area contributed by atoms with Crippen LogP contribution in [0.15, 0.2) is 36.7 Å². The van der Waals surface area contributed by atoms with Gasteiger partial charge in [0.15, 0.2) is 5.82 Å². The van der Waals surface area contributed by atoms with E-state index < -0.39 is 0 Å². The van der Waals surface area contributed by atoms with Crippen molar-refractivity contribution >= 4 is 11.6 Å². The van der Waals surface area contributed by atoms with Crippen molar-refractivity contribution < 1.29 is 0 Å². The number of aromatic nitrogens is 2. The Morgan fingerprint density at radius 2 is 1.71 bits per heavy atom. The molecule has 1 aliphatic rings. The van der Waals surface area contributed by atoms with Crippen molar-refractivity contribution in [2.24, 2.45) is 11.8 Å². The lowest BCUT2D eigenvalue weighted by molar-refractivity contribution is 0.300. The minimum absolute atomic E-state index is 0.536. The van der Waals surface area contributed by atoms with Crippen LogP contribution in [0.3, 0.4) is 0 Å². The van der Waals surface area contributed by atoms with E-state index in [0.29, 0.717) is 11.7 Å². The fourth-order valence-electron chi connectivity index (χ4n) is 3.33. The first-order chi connectivity index (χ1) is 11.7. The van der Waals surface area contributed by atoms with Crippen molar-refractivity contribution in [3.05, 3.63) is 47.2 Å². The molecule has 1 fully saturated rings. The van der Waals surface area contributed by atoms with E-state index >= 15 is 0 Å². The van der Waals surface area contributed by atoms with E-state index in [9.17, 15) is 0 Å². The lowest BCUT2D eigenvalue weighted by Crippen LogP contribution is -2.13. The number of rotatable bonds is 3. The van der Waals surface area contributed by atoms with Crippen molar-refractivity contribution in [3.63, 3.8) is 0 Å². The van der Waals surface area contributed by atoms with E-state index in [-0.39, 0.29) is 0 Å². The molecule has 1 aromatic heterocycles. The molecule has 0 radical (unpaired) electrons. The zero-order chi connectivity index (χ0) is 16.8. The normalized spacial score (nSPS) is 20.2. The summed E-state index contributed by atoms with van der Waals surface area (Å²) in [4.78, 5) is 8.84. The molecule has 2 aromatic rings. The van der Waals surface area contributed by atoms with Crippen LogP contribution in [0, 0.1) is 23.7 Å². The Morgan fingerprint density at radius 1 is 1.04 bits per heavy atom. The molecule has 3 heteroatoms. The molecule has 1 heterocycles. The number of nitrogens with zero attached hydrogens (tertiary/aromatic N) is 2. The third kappa shape index (κ3) is 4.58. The van der Waals surface area contributed by atoms with E-state index in [4.69, 9.17) is 11.6 Å². The molecule has 1 aliphatic carbocycles. The Bertz CT molecular complexity index is 702. The highest BCUT2D eigenvalue weighted by Gasteiger charge is 2.18. The summed E-state index contributed by atoms with van der Waals surface area (Å²) in [5.41, 5.74) is 1.86. The lowest BCUT2D eigenvalue weighted by atomic mass is 9.80. The summed E-state index contributed by atoms with van der Waals surface area (Å²) in [7, 11) is 0. The van der Waals surface area contributed by atoms with Crippen LogP contribution >= 0.6 is 11.6 Å². The van der Waals surface area contributed by atoms with Gasteiger partial charge in [-0.05, 0) is 55.9 Å². The zero-order valence-corrected chi connectivity index (χ0v) is 14.9. The molecule has 3 rings (SSSR count). The van der Waals surface area contributed by atoms with Gasteiger partial charge in [0.1, 0.15) is 0 Å². The molecule has 0 N–H and O–H groups in total. The Labute approximate surface area is 149 Å². The highest BCUT2D eigenvalue weighted by Crippen LogP contribution is 2.31. The van der Waals surface area contributed by atoms with Crippen LogP contribution in [-0.4, -0.2) is 9.97 Å². The van der Waals surface area contributed by atoms with Gasteiger partial charge in [0.25, 0.3) is 0 Å². The van der Waals surface area contributed by atoms with Crippen LogP contribution < -0.4 is 0 Å². The van der Waals surface area contributed by atoms with Crippen molar-refractivity contribution in [1.82, 2.24) is 9.97 Å². The van der Waals surface area contributed by atoms with Crippen LogP contribution in [0.5, 0.6) is 0 Å². The van der Waals surface area contributed by atoms with Gasteiger partial charge in [0.05, 0.1) is 5.56 Å². The average Bonchev–Trinajstić information content (AvgIpc) is 2.63. The largest absolute Gasteiger partial charge is 0.235 e. The van der Waals surface area contributed by atoms with Gasteiger partial charge in [0, 0.05) is 28.9 Å². The van der Waals surface area contributed by atoms with E-state index in [1.807, 2.05) is 36.7 Å². The van der Waals surface area contributed by atoms with Crippen LogP contribution in [0.2, 0.25) is 5.02 Å². The van der Waals surface area contributed by atoms with Crippen molar-refractivity contribution in [3.8, 4) is 23.2 Å². The van der Waals surface area contributed by atoms with Gasteiger partial charge in [-0.3, -0.25) is 0 Å². The molecule has 1 aromatic carbocycles. The zero-order valence-electron chi connectivity index (χ0n) is 14.1. The molecule has 2 nitrogen and oxygen atoms in total. The first-order valence-electron chi connectivity index (χ1n) is 8.84. The maximum absolute atomic E-state index is 5.91. The minimum Gasteiger partial charge on any atom is -0.235 e. The maximum Gasteiger partial charge on any atom is 0.159 e. The molecular weight excluding hydrogens is 316 g/mol. The van der Waals surface area contributed by atoms with Crippen LogP contribution in [0.25, 0.3) is 11.4 Å². The molecule has 124 valence electrons.